The van der Waals surface area contributed by atoms with Gasteiger partial charge in [-0.2, -0.15) is 0 Å². The van der Waals surface area contributed by atoms with Gasteiger partial charge in [0.05, 0.1) is 16.8 Å². The summed E-state index contributed by atoms with van der Waals surface area (Å²) in [5.74, 6) is 0.326. The van der Waals surface area contributed by atoms with Gasteiger partial charge in [0.2, 0.25) is 0 Å². The van der Waals surface area contributed by atoms with E-state index in [1.807, 2.05) is 0 Å². The fourth-order valence-electron chi connectivity index (χ4n) is 2.03. The lowest BCUT2D eigenvalue weighted by Crippen LogP contribution is -2.12. The number of halogens is 1. The first-order chi connectivity index (χ1) is 10.9. The van der Waals surface area contributed by atoms with Gasteiger partial charge in [0, 0.05) is 10.7 Å². The molecule has 8 heteroatoms. The molecule has 0 spiro atoms. The number of sulfonamides is 1. The Morgan fingerprint density at radius 2 is 1.70 bits per heavy atom. The van der Waals surface area contributed by atoms with Gasteiger partial charge < -0.3 is 10.7 Å². The second-order valence-electron chi connectivity index (χ2n) is 4.82. The highest BCUT2D eigenvalue weighted by Crippen LogP contribution is 2.22. The Morgan fingerprint density at radius 1 is 1.04 bits per heavy atom. The molecule has 0 amide bonds. The van der Waals surface area contributed by atoms with Crippen molar-refractivity contribution in [3.63, 3.8) is 0 Å². The molecule has 0 saturated carbocycles. The Balaban J connectivity index is 1.81. The Morgan fingerprint density at radius 3 is 2.26 bits per heavy atom. The first kappa shape index (κ1) is 15.4. The SMILES string of the molecule is Nc1ncc(-c2ccc(NS(=O)(=O)c3ccc(Cl)cc3)cc2)[nH]1. The lowest BCUT2D eigenvalue weighted by Gasteiger charge is -2.08. The Kier molecular flexibility index (Phi) is 3.97. The second kappa shape index (κ2) is 5.94. The molecule has 4 N–H and O–H groups in total. The number of hydrogen-bond acceptors (Lipinski definition) is 4. The highest BCUT2D eigenvalue weighted by molar-refractivity contribution is 7.92. The minimum atomic E-state index is -3.65. The molecule has 0 radical (unpaired) electrons. The number of nitrogens with zero attached hydrogens (tertiary/aromatic N) is 1. The van der Waals surface area contributed by atoms with E-state index in [9.17, 15) is 8.42 Å². The molecular weight excluding hydrogens is 336 g/mol. The van der Waals surface area contributed by atoms with Crippen molar-refractivity contribution in [1.82, 2.24) is 9.97 Å². The van der Waals surface area contributed by atoms with Crippen LogP contribution in [0.3, 0.4) is 0 Å². The van der Waals surface area contributed by atoms with Gasteiger partial charge in [0.25, 0.3) is 10.0 Å². The Labute approximate surface area is 138 Å². The van der Waals surface area contributed by atoms with E-state index in [0.29, 0.717) is 16.7 Å². The average molecular weight is 349 g/mol. The molecule has 0 saturated heterocycles. The summed E-state index contributed by atoms with van der Waals surface area (Å²) in [6.45, 7) is 0. The molecule has 2 aromatic carbocycles. The normalized spacial score (nSPS) is 11.3. The summed E-state index contributed by atoms with van der Waals surface area (Å²) >= 11 is 5.77. The van der Waals surface area contributed by atoms with Crippen LogP contribution in [-0.2, 0) is 10.0 Å². The summed E-state index contributed by atoms with van der Waals surface area (Å²) in [4.78, 5) is 6.97. The van der Waals surface area contributed by atoms with Crippen LogP contribution in [0.2, 0.25) is 5.02 Å². The van der Waals surface area contributed by atoms with Gasteiger partial charge in [-0.1, -0.05) is 23.7 Å². The lowest BCUT2D eigenvalue weighted by atomic mass is 10.1. The van der Waals surface area contributed by atoms with Crippen LogP contribution in [0.5, 0.6) is 0 Å². The van der Waals surface area contributed by atoms with Crippen LogP contribution < -0.4 is 10.5 Å². The number of anilines is 2. The number of hydrogen-bond donors (Lipinski definition) is 3. The van der Waals surface area contributed by atoms with E-state index in [2.05, 4.69) is 14.7 Å². The van der Waals surface area contributed by atoms with Crippen molar-refractivity contribution in [3.8, 4) is 11.3 Å². The summed E-state index contributed by atoms with van der Waals surface area (Å²) < 4.78 is 27.1. The van der Waals surface area contributed by atoms with Crippen LogP contribution in [-0.4, -0.2) is 18.4 Å². The number of nitrogens with one attached hydrogen (secondary N) is 2. The van der Waals surface area contributed by atoms with Crippen LogP contribution in [0.4, 0.5) is 11.6 Å². The average Bonchev–Trinajstić information content (AvgIpc) is 2.95. The number of rotatable bonds is 4. The van der Waals surface area contributed by atoms with Gasteiger partial charge in [0.15, 0.2) is 5.95 Å². The van der Waals surface area contributed by atoms with Crippen LogP contribution in [0.1, 0.15) is 0 Å². The largest absolute Gasteiger partial charge is 0.369 e. The highest BCUT2D eigenvalue weighted by Gasteiger charge is 2.14. The van der Waals surface area contributed by atoms with E-state index in [1.54, 1.807) is 30.5 Å². The summed E-state index contributed by atoms with van der Waals surface area (Å²) in [6, 6.07) is 12.8. The molecule has 0 bridgehead atoms. The third kappa shape index (κ3) is 3.46. The fraction of sp³-hybridized carbons (Fsp3) is 0. The predicted molar refractivity (Wildman–Crippen MR) is 90.7 cm³/mol. The quantitative estimate of drug-likeness (QED) is 0.674. The number of aromatic nitrogens is 2. The number of aromatic amines is 1. The smallest absolute Gasteiger partial charge is 0.261 e. The monoisotopic (exact) mass is 348 g/mol. The van der Waals surface area contributed by atoms with Crippen molar-refractivity contribution >= 4 is 33.3 Å². The van der Waals surface area contributed by atoms with Gasteiger partial charge in [0.1, 0.15) is 0 Å². The molecule has 0 atom stereocenters. The summed E-state index contributed by atoms with van der Waals surface area (Å²) in [6.07, 6.45) is 1.61. The third-order valence-electron chi connectivity index (χ3n) is 3.17. The summed E-state index contributed by atoms with van der Waals surface area (Å²) in [7, 11) is -3.65. The number of nitrogen functional groups attached to an aromatic ring is 1. The van der Waals surface area contributed by atoms with Gasteiger partial charge in [-0.15, -0.1) is 0 Å². The van der Waals surface area contributed by atoms with Crippen molar-refractivity contribution in [2.75, 3.05) is 10.5 Å². The first-order valence-electron chi connectivity index (χ1n) is 6.63. The number of benzene rings is 2. The number of nitrogens with two attached hydrogens (primary N) is 1. The third-order valence-corrected chi connectivity index (χ3v) is 4.82. The van der Waals surface area contributed by atoms with Crippen LogP contribution >= 0.6 is 11.6 Å². The zero-order chi connectivity index (χ0) is 16.4. The van der Waals surface area contributed by atoms with E-state index in [-0.39, 0.29) is 4.90 Å². The maximum Gasteiger partial charge on any atom is 0.261 e. The summed E-state index contributed by atoms with van der Waals surface area (Å²) in [5, 5.41) is 0.479. The predicted octanol–water partition coefficient (Wildman–Crippen LogP) is 3.11. The summed E-state index contributed by atoms with van der Waals surface area (Å²) in [5.41, 5.74) is 7.60. The van der Waals surface area contributed by atoms with E-state index in [0.717, 1.165) is 11.3 Å². The van der Waals surface area contributed by atoms with Crippen molar-refractivity contribution in [1.29, 1.82) is 0 Å². The zero-order valence-corrected chi connectivity index (χ0v) is 13.4. The Hall–Kier alpha value is -2.51. The molecule has 0 aliphatic heterocycles. The van der Waals surface area contributed by atoms with Crippen LogP contribution in [0.15, 0.2) is 59.6 Å². The molecule has 0 aliphatic carbocycles. The molecule has 0 aliphatic rings. The van der Waals surface area contributed by atoms with Gasteiger partial charge >= 0.3 is 0 Å². The number of H-pyrrole nitrogens is 1. The van der Waals surface area contributed by atoms with Crippen molar-refractivity contribution in [3.05, 3.63) is 59.8 Å². The van der Waals surface area contributed by atoms with Crippen LogP contribution in [0, 0.1) is 0 Å². The zero-order valence-electron chi connectivity index (χ0n) is 11.8. The van der Waals surface area contributed by atoms with E-state index in [4.69, 9.17) is 17.3 Å². The minimum absolute atomic E-state index is 0.146. The maximum absolute atomic E-state index is 12.3. The topological polar surface area (TPSA) is 101 Å². The maximum atomic E-state index is 12.3. The van der Waals surface area contributed by atoms with E-state index >= 15 is 0 Å². The molecule has 0 unspecified atom stereocenters. The molecule has 0 fully saturated rings. The molecule has 1 aromatic heterocycles. The molecule has 23 heavy (non-hydrogen) atoms. The van der Waals surface area contributed by atoms with Gasteiger partial charge in [-0.25, -0.2) is 13.4 Å². The van der Waals surface area contributed by atoms with Gasteiger partial charge in [-0.05, 0) is 42.0 Å². The van der Waals surface area contributed by atoms with Crippen molar-refractivity contribution < 1.29 is 8.42 Å². The second-order valence-corrected chi connectivity index (χ2v) is 6.94. The van der Waals surface area contributed by atoms with Crippen molar-refractivity contribution in [2.24, 2.45) is 0 Å². The molecular formula is C15H13ClN4O2S. The molecule has 3 aromatic rings. The molecule has 118 valence electrons. The Bertz CT molecular complexity index is 919. The van der Waals surface area contributed by atoms with Gasteiger partial charge in [-0.3, -0.25) is 4.72 Å². The number of imidazole rings is 1. The molecule has 6 nitrogen and oxygen atoms in total. The van der Waals surface area contributed by atoms with E-state index in [1.165, 1.54) is 24.3 Å². The first-order valence-corrected chi connectivity index (χ1v) is 8.49. The van der Waals surface area contributed by atoms with E-state index < -0.39 is 10.0 Å². The molecule has 1 heterocycles. The molecule has 3 rings (SSSR count). The van der Waals surface area contributed by atoms with Crippen LogP contribution in [0.25, 0.3) is 11.3 Å². The standard InChI is InChI=1S/C15H13ClN4O2S/c16-11-3-7-13(8-4-11)23(21,22)20-12-5-1-10(2-6-12)14-9-18-15(17)19-14/h1-9,20H,(H3,17,18,19). The van der Waals surface area contributed by atoms with Crippen molar-refractivity contribution in [2.45, 2.75) is 4.90 Å². The lowest BCUT2D eigenvalue weighted by molar-refractivity contribution is 0.601. The highest BCUT2D eigenvalue weighted by atomic mass is 35.5. The fourth-order valence-corrected chi connectivity index (χ4v) is 3.21. The minimum Gasteiger partial charge on any atom is -0.369 e.